The van der Waals surface area contributed by atoms with Gasteiger partial charge in [-0.3, -0.25) is 4.79 Å². The van der Waals surface area contributed by atoms with Gasteiger partial charge in [-0.05, 0) is 54.8 Å². The van der Waals surface area contributed by atoms with Gasteiger partial charge in [0.05, 0.1) is 15.8 Å². The lowest BCUT2D eigenvalue weighted by atomic mass is 9.84. The number of nitrogens with zero attached hydrogens (tertiary/aromatic N) is 1. The minimum absolute atomic E-state index is 0.0561. The predicted molar refractivity (Wildman–Crippen MR) is 111 cm³/mol. The lowest BCUT2D eigenvalue weighted by molar-refractivity contribution is -0.124. The van der Waals surface area contributed by atoms with E-state index >= 15 is 0 Å². The van der Waals surface area contributed by atoms with Crippen LogP contribution < -0.4 is 5.73 Å². The normalized spacial score (nSPS) is 20.0. The largest absolute Gasteiger partial charge is 0.369 e. The number of nitrogens with two attached hydrogens (primary N) is 1. The van der Waals surface area contributed by atoms with Crippen molar-refractivity contribution in [2.24, 2.45) is 11.7 Å². The van der Waals surface area contributed by atoms with Crippen LogP contribution >= 0.6 is 23.2 Å². The van der Waals surface area contributed by atoms with Gasteiger partial charge < -0.3 is 5.73 Å². The van der Waals surface area contributed by atoms with Crippen molar-refractivity contribution >= 4 is 39.1 Å². The van der Waals surface area contributed by atoms with Crippen LogP contribution in [-0.4, -0.2) is 24.7 Å². The molecule has 2 aromatic carbocycles. The summed E-state index contributed by atoms with van der Waals surface area (Å²) in [6, 6.07) is 9.30. The molecule has 2 unspecified atom stereocenters. The molecule has 9 heteroatoms. The van der Waals surface area contributed by atoms with Gasteiger partial charge in [0.25, 0.3) is 0 Å². The maximum atomic E-state index is 13.6. The molecule has 0 bridgehead atoms. The monoisotopic (exact) mass is 458 g/mol. The second kappa shape index (κ2) is 9.00. The van der Waals surface area contributed by atoms with Gasteiger partial charge in [-0.25, -0.2) is 12.8 Å². The van der Waals surface area contributed by atoms with Crippen molar-refractivity contribution in [3.8, 4) is 0 Å². The standard InChI is InChI=1S/C20H21Cl2FN2O3S/c21-14-6-8-15(9-7-14)29(27,28)25(12-13-5-10-18(23)17(22)11-13)19-4-2-1-3-16(19)20(24)26/h5-11,16,19H,1-4,12H2,(H2,24,26). The lowest BCUT2D eigenvalue weighted by Gasteiger charge is -2.38. The molecule has 0 heterocycles. The van der Waals surface area contributed by atoms with E-state index in [-0.39, 0.29) is 16.5 Å². The number of hydrogen-bond donors (Lipinski definition) is 1. The molecule has 1 aliphatic rings. The van der Waals surface area contributed by atoms with Crippen LogP contribution in [0.25, 0.3) is 0 Å². The zero-order valence-corrected chi connectivity index (χ0v) is 17.9. The van der Waals surface area contributed by atoms with E-state index in [0.717, 1.165) is 12.8 Å². The van der Waals surface area contributed by atoms with Crippen LogP contribution in [0.2, 0.25) is 10.0 Å². The first-order chi connectivity index (χ1) is 13.7. The van der Waals surface area contributed by atoms with E-state index in [9.17, 15) is 17.6 Å². The molecule has 29 heavy (non-hydrogen) atoms. The summed E-state index contributed by atoms with van der Waals surface area (Å²) in [7, 11) is -3.97. The molecule has 2 atom stereocenters. The summed E-state index contributed by atoms with van der Waals surface area (Å²) in [6.45, 7) is -0.0561. The van der Waals surface area contributed by atoms with Crippen LogP contribution in [0, 0.1) is 11.7 Å². The third-order valence-corrected chi connectivity index (χ3v) is 7.63. The summed E-state index contributed by atoms with van der Waals surface area (Å²) in [5.74, 6) is -1.71. The Kier molecular flexibility index (Phi) is 6.83. The zero-order chi connectivity index (χ0) is 21.2. The van der Waals surface area contributed by atoms with E-state index in [1.165, 1.54) is 46.8 Å². The highest BCUT2D eigenvalue weighted by Gasteiger charge is 2.40. The molecular weight excluding hydrogens is 438 g/mol. The number of rotatable bonds is 6. The highest BCUT2D eigenvalue weighted by molar-refractivity contribution is 7.89. The molecule has 0 spiro atoms. The Morgan fingerprint density at radius 1 is 1.10 bits per heavy atom. The van der Waals surface area contributed by atoms with Crippen molar-refractivity contribution in [2.75, 3.05) is 0 Å². The van der Waals surface area contributed by atoms with Crippen LogP contribution in [0.3, 0.4) is 0 Å². The first-order valence-electron chi connectivity index (χ1n) is 9.21. The molecule has 2 N–H and O–H groups in total. The molecule has 2 aromatic rings. The summed E-state index contributed by atoms with van der Waals surface area (Å²) in [5.41, 5.74) is 6.10. The topological polar surface area (TPSA) is 80.5 Å². The van der Waals surface area contributed by atoms with Gasteiger partial charge in [-0.1, -0.05) is 42.1 Å². The third kappa shape index (κ3) is 4.91. The number of halogens is 3. The summed E-state index contributed by atoms with van der Waals surface area (Å²) in [5, 5.41) is 0.315. The van der Waals surface area contributed by atoms with Crippen LogP contribution in [0.4, 0.5) is 4.39 Å². The second-order valence-electron chi connectivity index (χ2n) is 7.11. The molecular formula is C20H21Cl2FN2O3S. The van der Waals surface area contributed by atoms with Crippen molar-refractivity contribution < 1.29 is 17.6 Å². The van der Waals surface area contributed by atoms with Crippen LogP contribution in [-0.2, 0) is 21.4 Å². The number of hydrogen-bond acceptors (Lipinski definition) is 3. The minimum atomic E-state index is -3.97. The number of benzene rings is 2. The highest BCUT2D eigenvalue weighted by atomic mass is 35.5. The van der Waals surface area contributed by atoms with E-state index in [1.54, 1.807) is 0 Å². The van der Waals surface area contributed by atoms with Crippen LogP contribution in [0.1, 0.15) is 31.2 Å². The Morgan fingerprint density at radius 2 is 1.76 bits per heavy atom. The molecule has 0 aliphatic heterocycles. The number of carbonyl (C=O) groups is 1. The molecule has 0 saturated heterocycles. The van der Waals surface area contributed by atoms with Gasteiger partial charge in [0, 0.05) is 17.6 Å². The van der Waals surface area contributed by atoms with Crippen LogP contribution in [0.15, 0.2) is 47.4 Å². The van der Waals surface area contributed by atoms with Gasteiger partial charge >= 0.3 is 0 Å². The fourth-order valence-corrected chi connectivity index (χ4v) is 5.74. The van der Waals surface area contributed by atoms with Gasteiger partial charge in [-0.2, -0.15) is 4.31 Å². The van der Waals surface area contributed by atoms with E-state index < -0.39 is 33.7 Å². The summed E-state index contributed by atoms with van der Waals surface area (Å²) in [4.78, 5) is 12.1. The fraction of sp³-hybridized carbons (Fsp3) is 0.350. The molecule has 1 aliphatic carbocycles. The average Bonchev–Trinajstić information content (AvgIpc) is 2.69. The predicted octanol–water partition coefficient (Wildman–Crippen LogP) is 4.37. The Bertz CT molecular complexity index is 999. The van der Waals surface area contributed by atoms with Gasteiger partial charge in [0.1, 0.15) is 5.82 Å². The molecule has 3 rings (SSSR count). The van der Waals surface area contributed by atoms with Gasteiger partial charge in [0.2, 0.25) is 15.9 Å². The van der Waals surface area contributed by atoms with Crippen molar-refractivity contribution in [1.29, 1.82) is 0 Å². The summed E-state index contributed by atoms with van der Waals surface area (Å²) < 4.78 is 41.8. The Hall–Kier alpha value is -1.67. The molecule has 5 nitrogen and oxygen atoms in total. The Balaban J connectivity index is 2.05. The fourth-order valence-electron chi connectivity index (χ4n) is 3.73. The highest BCUT2D eigenvalue weighted by Crippen LogP contribution is 2.34. The van der Waals surface area contributed by atoms with Crippen LogP contribution in [0.5, 0.6) is 0 Å². The first-order valence-corrected chi connectivity index (χ1v) is 11.4. The zero-order valence-electron chi connectivity index (χ0n) is 15.5. The maximum Gasteiger partial charge on any atom is 0.243 e. The molecule has 156 valence electrons. The maximum absolute atomic E-state index is 13.6. The SMILES string of the molecule is NC(=O)C1CCCCC1N(Cc1ccc(F)c(Cl)c1)S(=O)(=O)c1ccc(Cl)cc1. The smallest absolute Gasteiger partial charge is 0.243 e. The molecule has 1 fully saturated rings. The average molecular weight is 459 g/mol. The van der Waals surface area contributed by atoms with E-state index in [1.807, 2.05) is 0 Å². The number of carbonyl (C=O) groups excluding carboxylic acids is 1. The van der Waals surface area contributed by atoms with Gasteiger partial charge in [0.15, 0.2) is 0 Å². The molecule has 0 radical (unpaired) electrons. The van der Waals surface area contributed by atoms with Crippen molar-refractivity contribution in [1.82, 2.24) is 4.31 Å². The first kappa shape index (κ1) is 22.0. The van der Waals surface area contributed by atoms with E-state index in [4.69, 9.17) is 28.9 Å². The number of primary amides is 1. The second-order valence-corrected chi connectivity index (χ2v) is 9.85. The van der Waals surface area contributed by atoms with Gasteiger partial charge in [-0.15, -0.1) is 0 Å². The minimum Gasteiger partial charge on any atom is -0.369 e. The Labute approximate surface area is 179 Å². The molecule has 1 amide bonds. The number of amides is 1. The van der Waals surface area contributed by atoms with E-state index in [2.05, 4.69) is 0 Å². The third-order valence-electron chi connectivity index (χ3n) is 5.21. The summed E-state index contributed by atoms with van der Waals surface area (Å²) in [6.07, 6.45) is 2.62. The molecule has 1 saturated carbocycles. The van der Waals surface area contributed by atoms with Crippen molar-refractivity contribution in [3.63, 3.8) is 0 Å². The van der Waals surface area contributed by atoms with Crippen molar-refractivity contribution in [3.05, 3.63) is 63.9 Å². The lowest BCUT2D eigenvalue weighted by Crippen LogP contribution is -2.49. The Morgan fingerprint density at radius 3 is 2.38 bits per heavy atom. The molecule has 0 aromatic heterocycles. The quantitative estimate of drug-likeness (QED) is 0.697. The van der Waals surface area contributed by atoms with E-state index in [0.29, 0.717) is 23.4 Å². The summed E-state index contributed by atoms with van der Waals surface area (Å²) >= 11 is 11.8. The van der Waals surface area contributed by atoms with Crippen molar-refractivity contribution in [2.45, 2.75) is 43.2 Å². The number of sulfonamides is 1.